The minimum absolute atomic E-state index is 0.114. The van der Waals surface area contributed by atoms with E-state index in [4.69, 9.17) is 0 Å². The van der Waals surface area contributed by atoms with Crippen molar-refractivity contribution < 1.29 is 9.59 Å². The highest BCUT2D eigenvalue weighted by molar-refractivity contribution is 8.01. The van der Waals surface area contributed by atoms with E-state index in [1.54, 1.807) is 11.8 Å². The highest BCUT2D eigenvalue weighted by Crippen LogP contribution is 2.47. The number of carbonyl (C=O) groups is 2. The van der Waals surface area contributed by atoms with Gasteiger partial charge in [-0.25, -0.2) is 0 Å². The molecule has 0 aromatic rings. The van der Waals surface area contributed by atoms with E-state index < -0.39 is 0 Å². The van der Waals surface area contributed by atoms with Crippen molar-refractivity contribution in [3.8, 4) is 0 Å². The van der Waals surface area contributed by atoms with Crippen molar-refractivity contribution >= 4 is 23.6 Å². The zero-order valence-corrected chi connectivity index (χ0v) is 11.0. The second-order valence-electron chi connectivity index (χ2n) is 5.30. The number of likely N-dealkylation sites (tertiary alicyclic amines) is 1. The fourth-order valence-electron chi connectivity index (χ4n) is 3.15. The van der Waals surface area contributed by atoms with Gasteiger partial charge in [-0.1, -0.05) is 0 Å². The van der Waals surface area contributed by atoms with Crippen molar-refractivity contribution in [1.82, 2.24) is 9.80 Å². The zero-order chi connectivity index (χ0) is 12.0. The largest absolute Gasteiger partial charge is 0.341 e. The van der Waals surface area contributed by atoms with Crippen molar-refractivity contribution in [2.24, 2.45) is 0 Å². The maximum absolute atomic E-state index is 12.4. The predicted molar refractivity (Wildman–Crippen MR) is 66.5 cm³/mol. The van der Waals surface area contributed by atoms with Crippen LogP contribution in [-0.2, 0) is 9.59 Å². The Hall–Kier alpha value is -0.710. The lowest BCUT2D eigenvalue weighted by Crippen LogP contribution is -2.50. The number of hydrogen-bond donors (Lipinski definition) is 0. The Balaban J connectivity index is 1.80. The third-order valence-corrected chi connectivity index (χ3v) is 5.65. The molecule has 0 aliphatic carbocycles. The van der Waals surface area contributed by atoms with E-state index in [2.05, 4.69) is 6.92 Å². The van der Waals surface area contributed by atoms with Crippen LogP contribution in [-0.4, -0.2) is 51.4 Å². The molecule has 94 valence electrons. The number of hydrogen-bond acceptors (Lipinski definition) is 3. The van der Waals surface area contributed by atoms with Gasteiger partial charge in [0.25, 0.3) is 0 Å². The summed E-state index contributed by atoms with van der Waals surface area (Å²) in [5.74, 6) is 1.11. The molecule has 4 nitrogen and oxygen atoms in total. The van der Waals surface area contributed by atoms with E-state index in [-0.39, 0.29) is 22.7 Å². The van der Waals surface area contributed by atoms with E-state index in [1.807, 2.05) is 9.80 Å². The number of thioether (sulfide) groups is 1. The second-order valence-corrected chi connectivity index (χ2v) is 6.80. The van der Waals surface area contributed by atoms with Crippen LogP contribution in [0.4, 0.5) is 0 Å². The minimum atomic E-state index is -0.196. The number of carbonyl (C=O) groups excluding carboxylic acids is 2. The standard InChI is InChI=1S/C12H18N2O2S/c1-12-5-4-10(15)14(12)9(8-17-12)11(16)13-6-2-3-7-13/h9H,2-8H2,1H3/t9-,12-/m1/s1. The SMILES string of the molecule is C[C@@]12CCC(=O)N1[C@@H](C(=O)N1CCCC1)CS2. The Morgan fingerprint density at radius 2 is 2.12 bits per heavy atom. The first-order valence-electron chi connectivity index (χ1n) is 6.37. The molecule has 3 aliphatic rings. The van der Waals surface area contributed by atoms with Gasteiger partial charge in [-0.05, 0) is 26.2 Å². The van der Waals surface area contributed by atoms with Gasteiger partial charge in [-0.15, -0.1) is 11.8 Å². The first-order chi connectivity index (χ1) is 8.12. The fraction of sp³-hybridized carbons (Fsp3) is 0.833. The third kappa shape index (κ3) is 1.66. The summed E-state index contributed by atoms with van der Waals surface area (Å²) in [6, 6.07) is -0.196. The normalized spacial score (nSPS) is 36.8. The molecule has 2 amide bonds. The summed E-state index contributed by atoms with van der Waals surface area (Å²) < 4.78 is 0. The maximum atomic E-state index is 12.4. The predicted octanol–water partition coefficient (Wildman–Crippen LogP) is 1.06. The molecule has 3 rings (SSSR count). The molecule has 0 saturated carbocycles. The van der Waals surface area contributed by atoms with Crippen LogP contribution in [0.5, 0.6) is 0 Å². The molecule has 5 heteroatoms. The molecule has 0 aromatic carbocycles. The molecule has 0 N–H and O–H groups in total. The Bertz CT molecular complexity index is 368. The molecule has 0 unspecified atom stereocenters. The highest BCUT2D eigenvalue weighted by atomic mass is 32.2. The number of rotatable bonds is 1. The van der Waals surface area contributed by atoms with Crippen molar-refractivity contribution in [1.29, 1.82) is 0 Å². The van der Waals surface area contributed by atoms with Crippen LogP contribution < -0.4 is 0 Å². The minimum Gasteiger partial charge on any atom is -0.341 e. The van der Waals surface area contributed by atoms with Gasteiger partial charge in [-0.2, -0.15) is 0 Å². The molecule has 3 aliphatic heterocycles. The maximum Gasteiger partial charge on any atom is 0.246 e. The summed E-state index contributed by atoms with van der Waals surface area (Å²) in [4.78, 5) is 28.0. The molecule has 17 heavy (non-hydrogen) atoms. The number of amides is 2. The van der Waals surface area contributed by atoms with E-state index in [1.165, 1.54) is 0 Å². The van der Waals surface area contributed by atoms with Gasteiger partial charge in [0.1, 0.15) is 6.04 Å². The quantitative estimate of drug-likeness (QED) is 0.702. The van der Waals surface area contributed by atoms with Crippen LogP contribution in [0.2, 0.25) is 0 Å². The van der Waals surface area contributed by atoms with E-state index >= 15 is 0 Å². The van der Waals surface area contributed by atoms with Crippen molar-refractivity contribution in [2.45, 2.75) is 43.5 Å². The molecule has 3 fully saturated rings. The van der Waals surface area contributed by atoms with E-state index in [0.717, 1.165) is 38.1 Å². The molecular formula is C12H18N2O2S. The first kappa shape index (κ1) is 11.4. The van der Waals surface area contributed by atoms with Gasteiger partial charge < -0.3 is 9.80 Å². The summed E-state index contributed by atoms with van der Waals surface area (Å²) in [6.45, 7) is 3.84. The Labute approximate surface area is 106 Å². The van der Waals surface area contributed by atoms with E-state index in [9.17, 15) is 9.59 Å². The average Bonchev–Trinajstić information content (AvgIpc) is 2.97. The highest BCUT2D eigenvalue weighted by Gasteiger charge is 2.53. The summed E-state index contributed by atoms with van der Waals surface area (Å²) in [6.07, 6.45) is 3.71. The topological polar surface area (TPSA) is 40.6 Å². The van der Waals surface area contributed by atoms with Crippen LogP contribution in [0.3, 0.4) is 0 Å². The van der Waals surface area contributed by atoms with Crippen LogP contribution in [0.25, 0.3) is 0 Å². The lowest BCUT2D eigenvalue weighted by atomic mass is 10.2. The molecule has 0 bridgehead atoms. The smallest absolute Gasteiger partial charge is 0.246 e. The Kier molecular flexibility index (Phi) is 2.61. The summed E-state index contributed by atoms with van der Waals surface area (Å²) in [5.41, 5.74) is 0. The molecule has 0 spiro atoms. The monoisotopic (exact) mass is 254 g/mol. The Morgan fingerprint density at radius 1 is 1.41 bits per heavy atom. The summed E-state index contributed by atoms with van der Waals surface area (Å²) >= 11 is 1.77. The Morgan fingerprint density at radius 3 is 2.82 bits per heavy atom. The van der Waals surface area contributed by atoms with Gasteiger partial charge in [0.05, 0.1) is 4.87 Å². The fourth-order valence-corrected chi connectivity index (χ4v) is 4.57. The van der Waals surface area contributed by atoms with Gasteiger partial charge >= 0.3 is 0 Å². The van der Waals surface area contributed by atoms with Gasteiger partial charge in [0, 0.05) is 25.3 Å². The van der Waals surface area contributed by atoms with E-state index in [0.29, 0.717) is 6.42 Å². The van der Waals surface area contributed by atoms with Gasteiger partial charge in [0.2, 0.25) is 11.8 Å². The van der Waals surface area contributed by atoms with Crippen LogP contribution in [0.1, 0.15) is 32.6 Å². The lowest BCUT2D eigenvalue weighted by molar-refractivity contribution is -0.143. The number of nitrogens with zero attached hydrogens (tertiary/aromatic N) is 2. The third-order valence-electron chi connectivity index (χ3n) is 4.15. The molecule has 3 saturated heterocycles. The molecule has 2 atom stereocenters. The summed E-state index contributed by atoms with van der Waals surface area (Å²) in [5, 5.41) is 0. The van der Waals surface area contributed by atoms with Crippen LogP contribution in [0, 0.1) is 0 Å². The van der Waals surface area contributed by atoms with Gasteiger partial charge in [0.15, 0.2) is 0 Å². The lowest BCUT2D eigenvalue weighted by Gasteiger charge is -2.31. The molecule has 3 heterocycles. The summed E-state index contributed by atoms with van der Waals surface area (Å²) in [7, 11) is 0. The molecule has 0 radical (unpaired) electrons. The van der Waals surface area contributed by atoms with Crippen molar-refractivity contribution in [3.63, 3.8) is 0 Å². The molecule has 0 aromatic heterocycles. The van der Waals surface area contributed by atoms with Gasteiger partial charge in [-0.3, -0.25) is 9.59 Å². The zero-order valence-electron chi connectivity index (χ0n) is 10.1. The number of fused-ring (bicyclic) bond motifs is 1. The van der Waals surface area contributed by atoms with Crippen LogP contribution in [0.15, 0.2) is 0 Å². The van der Waals surface area contributed by atoms with Crippen molar-refractivity contribution in [2.75, 3.05) is 18.8 Å². The van der Waals surface area contributed by atoms with Crippen LogP contribution >= 0.6 is 11.8 Å². The van der Waals surface area contributed by atoms with Crippen molar-refractivity contribution in [3.05, 3.63) is 0 Å². The molecular weight excluding hydrogens is 236 g/mol. The second kappa shape index (κ2) is 3.90. The first-order valence-corrected chi connectivity index (χ1v) is 7.35. The average molecular weight is 254 g/mol.